The molecule has 0 spiro atoms. The second kappa shape index (κ2) is 6.92. The highest BCUT2D eigenvalue weighted by atomic mass is 35.5. The lowest BCUT2D eigenvalue weighted by molar-refractivity contribution is 0.572. The number of nitriles is 1. The third-order valence-corrected chi connectivity index (χ3v) is 3.96. The van der Waals surface area contributed by atoms with E-state index in [1.165, 1.54) is 12.1 Å². The first-order chi connectivity index (χ1) is 11.6. The summed E-state index contributed by atoms with van der Waals surface area (Å²) in [6, 6.07) is 16.5. The van der Waals surface area contributed by atoms with Crippen LogP contribution in [0.4, 0.5) is 4.39 Å². The van der Waals surface area contributed by atoms with Crippen LogP contribution in [0.15, 0.2) is 59.0 Å². The highest BCUT2D eigenvalue weighted by Gasteiger charge is 2.11. The van der Waals surface area contributed by atoms with Crippen molar-refractivity contribution >= 4 is 34.9 Å². The molecule has 5 heteroatoms. The van der Waals surface area contributed by atoms with Gasteiger partial charge in [0.25, 0.3) is 0 Å². The molecule has 0 atom stereocenters. The van der Waals surface area contributed by atoms with Crippen molar-refractivity contribution in [3.05, 3.63) is 81.8 Å². The first-order valence-corrected chi connectivity index (χ1v) is 7.76. The number of hydrogen-bond acceptors (Lipinski definition) is 2. The Morgan fingerprint density at radius 1 is 1.08 bits per heavy atom. The molecule has 3 rings (SSSR count). The molecule has 1 heterocycles. The Morgan fingerprint density at radius 3 is 2.62 bits per heavy atom. The van der Waals surface area contributed by atoms with Crippen molar-refractivity contribution in [2.24, 2.45) is 0 Å². The third kappa shape index (κ3) is 3.35. The van der Waals surface area contributed by atoms with Crippen molar-refractivity contribution in [3.8, 4) is 17.4 Å². The predicted molar refractivity (Wildman–Crippen MR) is 94.0 cm³/mol. The van der Waals surface area contributed by atoms with Gasteiger partial charge >= 0.3 is 0 Å². The maximum Gasteiger partial charge on any atom is 0.136 e. The Kier molecular flexibility index (Phi) is 4.71. The summed E-state index contributed by atoms with van der Waals surface area (Å²) < 4.78 is 19.5. The van der Waals surface area contributed by atoms with E-state index < -0.39 is 5.82 Å². The number of halogens is 3. The second-order valence-corrected chi connectivity index (χ2v) is 5.82. The lowest BCUT2D eigenvalue weighted by Crippen LogP contribution is -1.86. The summed E-state index contributed by atoms with van der Waals surface area (Å²) in [6.45, 7) is 0. The summed E-state index contributed by atoms with van der Waals surface area (Å²) >= 11 is 12.1. The monoisotopic (exact) mass is 357 g/mol. The summed E-state index contributed by atoms with van der Waals surface area (Å²) in [7, 11) is 0. The van der Waals surface area contributed by atoms with Crippen LogP contribution in [0.2, 0.25) is 10.0 Å². The maximum atomic E-state index is 13.8. The van der Waals surface area contributed by atoms with E-state index in [-0.39, 0.29) is 11.1 Å². The van der Waals surface area contributed by atoms with Crippen LogP contribution >= 0.6 is 23.2 Å². The van der Waals surface area contributed by atoms with Gasteiger partial charge in [0.1, 0.15) is 17.3 Å². The molecule has 1 aromatic heterocycles. The van der Waals surface area contributed by atoms with Gasteiger partial charge in [0.2, 0.25) is 0 Å². The van der Waals surface area contributed by atoms with Gasteiger partial charge < -0.3 is 4.42 Å². The summed E-state index contributed by atoms with van der Waals surface area (Å²) in [4.78, 5) is 0. The molecule has 0 saturated heterocycles. The van der Waals surface area contributed by atoms with Crippen LogP contribution in [-0.4, -0.2) is 0 Å². The van der Waals surface area contributed by atoms with Gasteiger partial charge in [-0.15, -0.1) is 0 Å². The third-order valence-electron chi connectivity index (χ3n) is 3.39. The molecule has 0 unspecified atom stereocenters. The summed E-state index contributed by atoms with van der Waals surface area (Å²) in [5.74, 6) is 0.468. The van der Waals surface area contributed by atoms with Gasteiger partial charge in [0, 0.05) is 16.1 Å². The molecule has 0 N–H and O–H groups in total. The van der Waals surface area contributed by atoms with Gasteiger partial charge in [-0.25, -0.2) is 4.39 Å². The van der Waals surface area contributed by atoms with E-state index in [0.29, 0.717) is 27.1 Å². The van der Waals surface area contributed by atoms with E-state index in [4.69, 9.17) is 27.6 Å². The van der Waals surface area contributed by atoms with Crippen molar-refractivity contribution in [1.29, 1.82) is 5.26 Å². The van der Waals surface area contributed by atoms with Gasteiger partial charge in [0.05, 0.1) is 16.7 Å². The molecule has 0 fully saturated rings. The fraction of sp³-hybridized carbons (Fsp3) is 0. The van der Waals surface area contributed by atoms with Crippen molar-refractivity contribution in [2.45, 2.75) is 0 Å². The van der Waals surface area contributed by atoms with Gasteiger partial charge in [-0.05, 0) is 42.5 Å². The minimum absolute atomic E-state index is 0.172. The van der Waals surface area contributed by atoms with Crippen molar-refractivity contribution in [2.75, 3.05) is 0 Å². The molecule has 0 aliphatic rings. The molecule has 2 nitrogen and oxygen atoms in total. The Bertz CT molecular complexity index is 969. The van der Waals surface area contributed by atoms with E-state index in [9.17, 15) is 9.65 Å². The van der Waals surface area contributed by atoms with E-state index in [2.05, 4.69) is 0 Å². The Morgan fingerprint density at radius 2 is 1.88 bits per heavy atom. The molecule has 0 saturated carbocycles. The Balaban J connectivity index is 2.00. The predicted octanol–water partition coefficient (Wildman–Crippen LogP) is 6.46. The molecule has 0 bridgehead atoms. The van der Waals surface area contributed by atoms with Crippen LogP contribution in [-0.2, 0) is 0 Å². The summed E-state index contributed by atoms with van der Waals surface area (Å²) in [6.07, 6.45) is 1.49. The van der Waals surface area contributed by atoms with Crippen molar-refractivity contribution in [1.82, 2.24) is 0 Å². The zero-order chi connectivity index (χ0) is 17.1. The average Bonchev–Trinajstić information content (AvgIpc) is 3.04. The Labute approximate surface area is 148 Å². The standard InChI is InChI=1S/C19H10Cl2FNO/c20-13-5-7-17(21)16(10-13)19-8-6-14(24-19)9-12(11-23)15-3-1-2-4-18(15)22/h1-10H. The van der Waals surface area contributed by atoms with Gasteiger partial charge in [-0.3, -0.25) is 0 Å². The topological polar surface area (TPSA) is 36.9 Å². The van der Waals surface area contributed by atoms with Gasteiger partial charge in [-0.2, -0.15) is 5.26 Å². The number of nitrogens with zero attached hydrogens (tertiary/aromatic N) is 1. The Hall–Kier alpha value is -2.54. The second-order valence-electron chi connectivity index (χ2n) is 4.98. The van der Waals surface area contributed by atoms with Crippen LogP contribution in [0.3, 0.4) is 0 Å². The lowest BCUT2D eigenvalue weighted by atomic mass is 10.1. The fourth-order valence-electron chi connectivity index (χ4n) is 2.25. The number of rotatable bonds is 3. The highest BCUT2D eigenvalue weighted by molar-refractivity contribution is 6.35. The van der Waals surface area contributed by atoms with E-state index in [0.717, 1.165) is 0 Å². The zero-order valence-electron chi connectivity index (χ0n) is 12.3. The molecule has 0 aliphatic heterocycles. The normalized spacial score (nSPS) is 11.3. The van der Waals surface area contributed by atoms with Crippen LogP contribution in [0.25, 0.3) is 23.0 Å². The maximum absolute atomic E-state index is 13.8. The molecule has 24 heavy (non-hydrogen) atoms. The van der Waals surface area contributed by atoms with E-state index >= 15 is 0 Å². The minimum atomic E-state index is -0.463. The molecule has 0 aliphatic carbocycles. The number of furan rings is 1. The first kappa shape index (κ1) is 16.3. The average molecular weight is 358 g/mol. The SMILES string of the molecule is N#CC(=Cc1ccc(-c2cc(Cl)ccc2Cl)o1)c1ccccc1F. The number of allylic oxidation sites excluding steroid dienone is 1. The van der Waals surface area contributed by atoms with E-state index in [1.807, 2.05) is 6.07 Å². The van der Waals surface area contributed by atoms with Crippen LogP contribution < -0.4 is 0 Å². The van der Waals surface area contributed by atoms with Crippen LogP contribution in [0, 0.1) is 17.1 Å². The summed E-state index contributed by atoms with van der Waals surface area (Å²) in [5.41, 5.74) is 1.04. The molecule has 0 radical (unpaired) electrons. The first-order valence-electron chi connectivity index (χ1n) is 7.00. The summed E-state index contributed by atoms with van der Waals surface area (Å²) in [5, 5.41) is 10.3. The van der Waals surface area contributed by atoms with Crippen LogP contribution in [0.5, 0.6) is 0 Å². The lowest BCUT2D eigenvalue weighted by Gasteiger charge is -2.02. The molecule has 118 valence electrons. The molecule has 3 aromatic rings. The quantitative estimate of drug-likeness (QED) is 0.504. The highest BCUT2D eigenvalue weighted by Crippen LogP contribution is 2.32. The smallest absolute Gasteiger partial charge is 0.136 e. The number of hydrogen-bond donors (Lipinski definition) is 0. The van der Waals surface area contributed by atoms with Crippen LogP contribution in [0.1, 0.15) is 11.3 Å². The van der Waals surface area contributed by atoms with E-state index in [1.54, 1.807) is 48.5 Å². The molecule has 0 amide bonds. The largest absolute Gasteiger partial charge is 0.457 e. The molecule has 2 aromatic carbocycles. The van der Waals surface area contributed by atoms with Gasteiger partial charge in [0.15, 0.2) is 0 Å². The van der Waals surface area contributed by atoms with Crippen molar-refractivity contribution < 1.29 is 8.81 Å². The fourth-order valence-corrected chi connectivity index (χ4v) is 2.64. The number of benzene rings is 2. The molecular weight excluding hydrogens is 348 g/mol. The zero-order valence-corrected chi connectivity index (χ0v) is 13.8. The van der Waals surface area contributed by atoms with Crippen molar-refractivity contribution in [3.63, 3.8) is 0 Å². The van der Waals surface area contributed by atoms with Gasteiger partial charge in [-0.1, -0.05) is 41.4 Å². The molecular formula is C19H10Cl2FNO. The minimum Gasteiger partial charge on any atom is -0.457 e.